The van der Waals surface area contributed by atoms with Gasteiger partial charge in [-0.15, -0.1) is 0 Å². The third kappa shape index (κ3) is 4.96. The summed E-state index contributed by atoms with van der Waals surface area (Å²) in [5, 5.41) is 9.40. The van der Waals surface area contributed by atoms with Crippen molar-refractivity contribution in [1.82, 2.24) is 4.98 Å². The lowest BCUT2D eigenvalue weighted by Crippen LogP contribution is -2.52. The van der Waals surface area contributed by atoms with Gasteiger partial charge in [-0.3, -0.25) is 4.72 Å². The van der Waals surface area contributed by atoms with Gasteiger partial charge in [0.2, 0.25) is 0 Å². The predicted molar refractivity (Wildman–Crippen MR) is 129 cm³/mol. The summed E-state index contributed by atoms with van der Waals surface area (Å²) in [5.41, 5.74) is 2.13. The number of nitrogens with one attached hydrogen (secondary N) is 1. The van der Waals surface area contributed by atoms with Gasteiger partial charge in [-0.25, -0.2) is 22.6 Å². The summed E-state index contributed by atoms with van der Waals surface area (Å²) in [6.45, 7) is 5.86. The van der Waals surface area contributed by atoms with Crippen molar-refractivity contribution >= 4 is 33.2 Å². The van der Waals surface area contributed by atoms with Gasteiger partial charge in [0.15, 0.2) is 5.82 Å². The monoisotopic (exact) mass is 484 g/mol. The molecule has 1 aromatic heterocycles. The molecule has 0 bridgehead atoms. The zero-order valence-electron chi connectivity index (χ0n) is 18.8. The number of benzene rings is 2. The molecule has 10 heteroatoms. The molecule has 1 fully saturated rings. The third-order valence-electron chi connectivity index (χ3n) is 5.72. The van der Waals surface area contributed by atoms with Crippen LogP contribution >= 0.6 is 0 Å². The van der Waals surface area contributed by atoms with Crippen molar-refractivity contribution in [1.29, 1.82) is 0 Å². The van der Waals surface area contributed by atoms with Crippen molar-refractivity contribution in [3.05, 3.63) is 77.7 Å². The Labute approximate surface area is 197 Å². The Hall–Kier alpha value is -3.66. The molecule has 2 heterocycles. The first-order valence-corrected chi connectivity index (χ1v) is 12.2. The number of aromatic nitrogens is 1. The van der Waals surface area contributed by atoms with Crippen LogP contribution in [0.15, 0.2) is 65.7 Å². The molecule has 178 valence electrons. The lowest BCUT2D eigenvalue weighted by molar-refractivity contribution is 0.0696. The average Bonchev–Trinajstić information content (AvgIpc) is 2.78. The summed E-state index contributed by atoms with van der Waals surface area (Å²) < 4.78 is 41.9. The Balaban J connectivity index is 1.64. The number of anilines is 3. The SMILES string of the molecule is Cc1cccc(N2CCN(c3ncc(C(=O)O)cc3NS(=O)(=O)c3cccc(F)c3)C[C@@H]2C)c1. The molecule has 1 aliphatic rings. The highest BCUT2D eigenvalue weighted by atomic mass is 32.2. The zero-order valence-corrected chi connectivity index (χ0v) is 19.6. The Morgan fingerprint density at radius 2 is 1.91 bits per heavy atom. The van der Waals surface area contributed by atoms with E-state index in [1.165, 1.54) is 24.4 Å². The minimum atomic E-state index is -4.17. The van der Waals surface area contributed by atoms with E-state index < -0.39 is 21.8 Å². The van der Waals surface area contributed by atoms with E-state index in [1.807, 2.05) is 24.0 Å². The number of sulfonamides is 1. The van der Waals surface area contributed by atoms with Crippen LogP contribution in [-0.4, -0.2) is 50.2 Å². The molecule has 0 amide bonds. The van der Waals surface area contributed by atoms with Crippen LogP contribution in [0.4, 0.5) is 21.6 Å². The fraction of sp³-hybridized carbons (Fsp3) is 0.250. The molecule has 4 rings (SSSR count). The van der Waals surface area contributed by atoms with Gasteiger partial charge >= 0.3 is 5.97 Å². The number of nitrogens with zero attached hydrogens (tertiary/aromatic N) is 3. The van der Waals surface area contributed by atoms with Crippen molar-refractivity contribution in [3.63, 3.8) is 0 Å². The fourth-order valence-corrected chi connectivity index (χ4v) is 5.16. The van der Waals surface area contributed by atoms with Crippen LogP contribution in [0.5, 0.6) is 0 Å². The Morgan fingerprint density at radius 1 is 1.15 bits per heavy atom. The van der Waals surface area contributed by atoms with E-state index >= 15 is 0 Å². The zero-order chi connectivity index (χ0) is 24.5. The van der Waals surface area contributed by atoms with Gasteiger partial charge in [-0.2, -0.15) is 0 Å². The maximum atomic E-state index is 13.6. The first-order valence-electron chi connectivity index (χ1n) is 10.7. The largest absolute Gasteiger partial charge is 0.478 e. The van der Waals surface area contributed by atoms with Crippen LogP contribution < -0.4 is 14.5 Å². The highest BCUT2D eigenvalue weighted by molar-refractivity contribution is 7.92. The molecule has 1 saturated heterocycles. The number of aryl methyl sites for hydroxylation is 1. The fourth-order valence-electron chi connectivity index (χ4n) is 4.08. The minimum Gasteiger partial charge on any atom is -0.478 e. The van der Waals surface area contributed by atoms with E-state index in [0.717, 1.165) is 23.4 Å². The number of carbonyl (C=O) groups is 1. The number of carboxylic acids is 1. The summed E-state index contributed by atoms with van der Waals surface area (Å²) in [4.78, 5) is 19.7. The third-order valence-corrected chi connectivity index (χ3v) is 7.09. The quantitative estimate of drug-likeness (QED) is 0.549. The van der Waals surface area contributed by atoms with Crippen LogP contribution in [0.25, 0.3) is 0 Å². The van der Waals surface area contributed by atoms with Crippen molar-refractivity contribution in [3.8, 4) is 0 Å². The van der Waals surface area contributed by atoms with Crippen molar-refractivity contribution in [2.45, 2.75) is 24.8 Å². The maximum Gasteiger partial charge on any atom is 0.337 e. The standard InChI is InChI=1S/C24H25FN4O4S/c1-16-5-3-7-20(11-16)29-10-9-28(15-17(29)2)23-22(12-18(14-26-23)24(30)31)27-34(32,33)21-8-4-6-19(25)13-21/h3-8,11-14,17,27H,9-10,15H2,1-2H3,(H,30,31)/t17-/m0/s1. The van der Waals surface area contributed by atoms with E-state index in [0.29, 0.717) is 25.5 Å². The highest BCUT2D eigenvalue weighted by Gasteiger charge is 2.28. The van der Waals surface area contributed by atoms with Crippen molar-refractivity contribution in [2.24, 2.45) is 0 Å². The summed E-state index contributed by atoms with van der Waals surface area (Å²) in [7, 11) is -4.17. The van der Waals surface area contributed by atoms with Gasteiger partial charge < -0.3 is 14.9 Å². The smallest absolute Gasteiger partial charge is 0.337 e. The molecule has 3 aromatic rings. The van der Waals surface area contributed by atoms with E-state index in [1.54, 1.807) is 0 Å². The van der Waals surface area contributed by atoms with E-state index in [-0.39, 0.29) is 22.2 Å². The second kappa shape index (κ2) is 9.30. The molecule has 0 radical (unpaired) electrons. The molecule has 1 aliphatic heterocycles. The van der Waals surface area contributed by atoms with E-state index in [2.05, 4.69) is 33.7 Å². The van der Waals surface area contributed by atoms with E-state index in [4.69, 9.17) is 0 Å². The van der Waals surface area contributed by atoms with Gasteiger partial charge in [-0.05, 0) is 55.8 Å². The number of hydrogen-bond donors (Lipinski definition) is 2. The van der Waals surface area contributed by atoms with E-state index in [9.17, 15) is 22.7 Å². The number of hydrogen-bond acceptors (Lipinski definition) is 6. The Kier molecular flexibility index (Phi) is 6.43. The molecule has 2 N–H and O–H groups in total. The van der Waals surface area contributed by atoms with Crippen LogP contribution in [-0.2, 0) is 10.0 Å². The molecule has 34 heavy (non-hydrogen) atoms. The number of aromatic carboxylic acids is 1. The second-order valence-corrected chi connectivity index (χ2v) is 9.97. The van der Waals surface area contributed by atoms with Crippen LogP contribution in [0.2, 0.25) is 0 Å². The van der Waals surface area contributed by atoms with Crippen LogP contribution in [0.3, 0.4) is 0 Å². The maximum absolute atomic E-state index is 13.6. The predicted octanol–water partition coefficient (Wildman–Crippen LogP) is 3.74. The Morgan fingerprint density at radius 3 is 2.59 bits per heavy atom. The normalized spacial score (nSPS) is 16.4. The van der Waals surface area contributed by atoms with Gasteiger partial charge in [0.25, 0.3) is 10.0 Å². The molecular formula is C24H25FN4O4S. The van der Waals surface area contributed by atoms with Crippen LogP contribution in [0, 0.1) is 12.7 Å². The summed E-state index contributed by atoms with van der Waals surface area (Å²) in [5.74, 6) is -1.61. The highest BCUT2D eigenvalue weighted by Crippen LogP contribution is 2.30. The number of piperazine rings is 1. The molecule has 0 spiro atoms. The lowest BCUT2D eigenvalue weighted by Gasteiger charge is -2.42. The molecule has 2 aromatic carbocycles. The number of rotatable bonds is 6. The average molecular weight is 485 g/mol. The van der Waals surface area contributed by atoms with Gasteiger partial charge in [0.1, 0.15) is 5.82 Å². The summed E-state index contributed by atoms with van der Waals surface area (Å²) in [6, 6.07) is 14.1. The second-order valence-electron chi connectivity index (χ2n) is 8.29. The molecule has 8 nitrogen and oxygen atoms in total. The summed E-state index contributed by atoms with van der Waals surface area (Å²) >= 11 is 0. The molecule has 0 saturated carbocycles. The summed E-state index contributed by atoms with van der Waals surface area (Å²) in [6.07, 6.45) is 1.20. The van der Waals surface area contributed by atoms with Crippen molar-refractivity contribution < 1.29 is 22.7 Å². The molecule has 1 atom stereocenters. The topological polar surface area (TPSA) is 103 Å². The van der Waals surface area contributed by atoms with Gasteiger partial charge in [-0.1, -0.05) is 18.2 Å². The van der Waals surface area contributed by atoms with Gasteiger partial charge in [0.05, 0.1) is 16.1 Å². The molecule has 0 unspecified atom stereocenters. The van der Waals surface area contributed by atoms with Crippen molar-refractivity contribution in [2.75, 3.05) is 34.2 Å². The molecule has 0 aliphatic carbocycles. The first-order chi connectivity index (χ1) is 16.1. The number of halogens is 1. The number of pyridine rings is 1. The first kappa shape index (κ1) is 23.5. The number of carboxylic acid groups (broad SMARTS) is 1. The lowest BCUT2D eigenvalue weighted by atomic mass is 10.1. The van der Waals surface area contributed by atoms with Crippen LogP contribution in [0.1, 0.15) is 22.8 Å². The minimum absolute atomic E-state index is 0.0281. The molecular weight excluding hydrogens is 459 g/mol. The Bertz CT molecular complexity index is 1330. The van der Waals surface area contributed by atoms with Gasteiger partial charge in [0, 0.05) is 37.6 Å².